The lowest BCUT2D eigenvalue weighted by Gasteiger charge is -2.09. The first-order chi connectivity index (χ1) is 13.3. The van der Waals surface area contributed by atoms with E-state index in [4.69, 9.17) is 0 Å². The van der Waals surface area contributed by atoms with Crippen LogP contribution in [0.2, 0.25) is 0 Å². The number of fused-ring (bicyclic) bond motifs is 1. The minimum absolute atomic E-state index is 0.0666. The first kappa shape index (κ1) is 19.5. The van der Waals surface area contributed by atoms with Crippen molar-refractivity contribution in [2.75, 3.05) is 18.9 Å². The van der Waals surface area contributed by atoms with Gasteiger partial charge in [-0.25, -0.2) is 13.1 Å². The second kappa shape index (κ2) is 7.37. The number of sulfonamides is 1. The molecule has 0 bridgehead atoms. The van der Waals surface area contributed by atoms with Crippen molar-refractivity contribution >= 4 is 33.4 Å². The van der Waals surface area contributed by atoms with Crippen molar-refractivity contribution in [3.63, 3.8) is 0 Å². The van der Waals surface area contributed by atoms with E-state index in [2.05, 4.69) is 16.6 Å². The molecule has 0 radical (unpaired) electrons. The van der Waals surface area contributed by atoms with E-state index in [0.717, 1.165) is 4.90 Å². The highest BCUT2D eigenvalue weighted by molar-refractivity contribution is 7.89. The zero-order chi connectivity index (χ0) is 20.5. The minimum Gasteiger partial charge on any atom is -0.322 e. The number of carbonyl (C=O) groups excluding carboxylic acids is 3. The number of nitrogens with zero attached hydrogens (tertiary/aromatic N) is 1. The Labute approximate surface area is 161 Å². The van der Waals surface area contributed by atoms with E-state index in [0.29, 0.717) is 5.69 Å². The van der Waals surface area contributed by atoms with Gasteiger partial charge in [-0.1, -0.05) is 6.08 Å². The molecule has 0 fully saturated rings. The molecule has 144 valence electrons. The number of anilines is 1. The number of rotatable bonds is 6. The van der Waals surface area contributed by atoms with E-state index in [1.165, 1.54) is 55.6 Å². The molecule has 8 nitrogen and oxygen atoms in total. The molecular formula is C19H17N3O5S. The second-order valence-electron chi connectivity index (χ2n) is 5.96. The van der Waals surface area contributed by atoms with Gasteiger partial charge < -0.3 is 5.32 Å². The zero-order valence-electron chi connectivity index (χ0n) is 14.9. The van der Waals surface area contributed by atoms with Crippen LogP contribution in [-0.2, 0) is 10.0 Å². The Hall–Kier alpha value is -3.30. The molecule has 0 saturated carbocycles. The van der Waals surface area contributed by atoms with Crippen molar-refractivity contribution in [1.82, 2.24) is 9.62 Å². The fourth-order valence-corrected chi connectivity index (χ4v) is 3.50. The van der Waals surface area contributed by atoms with Crippen LogP contribution in [0.3, 0.4) is 0 Å². The summed E-state index contributed by atoms with van der Waals surface area (Å²) in [6, 6.07) is 9.89. The first-order valence-electron chi connectivity index (χ1n) is 8.24. The molecule has 0 unspecified atom stereocenters. The van der Waals surface area contributed by atoms with Gasteiger partial charge in [0.15, 0.2) is 0 Å². The van der Waals surface area contributed by atoms with E-state index in [9.17, 15) is 22.8 Å². The summed E-state index contributed by atoms with van der Waals surface area (Å²) in [5, 5.41) is 2.63. The molecule has 1 heterocycles. The molecule has 3 amide bonds. The molecule has 2 aromatic rings. The Morgan fingerprint density at radius 2 is 1.71 bits per heavy atom. The molecular weight excluding hydrogens is 382 g/mol. The van der Waals surface area contributed by atoms with Crippen molar-refractivity contribution in [2.45, 2.75) is 4.90 Å². The molecule has 1 aliphatic rings. The predicted molar refractivity (Wildman–Crippen MR) is 103 cm³/mol. The van der Waals surface area contributed by atoms with Crippen LogP contribution in [0.15, 0.2) is 60.0 Å². The Morgan fingerprint density at radius 1 is 1.07 bits per heavy atom. The number of carbonyl (C=O) groups is 3. The fourth-order valence-electron chi connectivity index (χ4n) is 2.77. The van der Waals surface area contributed by atoms with Gasteiger partial charge in [0.1, 0.15) is 0 Å². The van der Waals surface area contributed by atoms with Crippen molar-refractivity contribution in [2.24, 2.45) is 0 Å². The molecule has 0 spiro atoms. The van der Waals surface area contributed by atoms with Gasteiger partial charge in [0.2, 0.25) is 10.0 Å². The molecule has 0 saturated heterocycles. The van der Waals surface area contributed by atoms with Crippen molar-refractivity contribution in [1.29, 1.82) is 0 Å². The molecule has 1 aliphatic heterocycles. The normalized spacial score (nSPS) is 13.4. The Kier molecular flexibility index (Phi) is 5.12. The Morgan fingerprint density at radius 3 is 2.32 bits per heavy atom. The lowest BCUT2D eigenvalue weighted by molar-refractivity contribution is 0.0672. The van der Waals surface area contributed by atoms with Gasteiger partial charge in [-0.15, -0.1) is 6.58 Å². The van der Waals surface area contributed by atoms with Crippen LogP contribution in [0, 0.1) is 0 Å². The number of amides is 3. The van der Waals surface area contributed by atoms with Gasteiger partial charge in [0.05, 0.1) is 16.0 Å². The van der Waals surface area contributed by atoms with E-state index in [-0.39, 0.29) is 28.1 Å². The third kappa shape index (κ3) is 3.45. The summed E-state index contributed by atoms with van der Waals surface area (Å²) < 4.78 is 25.7. The topological polar surface area (TPSA) is 113 Å². The van der Waals surface area contributed by atoms with Crippen LogP contribution in [0.4, 0.5) is 5.69 Å². The smallest absolute Gasteiger partial charge is 0.261 e. The third-order valence-corrected chi connectivity index (χ3v) is 5.67. The Balaban J connectivity index is 1.81. The number of benzene rings is 2. The first-order valence-corrected chi connectivity index (χ1v) is 9.73. The monoisotopic (exact) mass is 399 g/mol. The lowest BCUT2D eigenvalue weighted by atomic mass is 10.1. The van der Waals surface area contributed by atoms with Crippen LogP contribution in [0.25, 0.3) is 0 Å². The largest absolute Gasteiger partial charge is 0.322 e. The van der Waals surface area contributed by atoms with Crippen molar-refractivity contribution < 1.29 is 22.8 Å². The second-order valence-corrected chi connectivity index (χ2v) is 7.84. The highest BCUT2D eigenvalue weighted by Gasteiger charge is 2.35. The summed E-state index contributed by atoms with van der Waals surface area (Å²) in [7, 11) is -2.26. The highest BCUT2D eigenvalue weighted by atomic mass is 32.2. The number of hydrogen-bond donors (Lipinski definition) is 2. The van der Waals surface area contributed by atoms with Gasteiger partial charge in [-0.2, -0.15) is 0 Å². The van der Waals surface area contributed by atoms with Gasteiger partial charge in [0.25, 0.3) is 17.7 Å². The minimum atomic E-state index is -3.57. The number of imide groups is 1. The average molecular weight is 399 g/mol. The summed E-state index contributed by atoms with van der Waals surface area (Å²) in [5.74, 6) is -1.39. The number of hydrogen-bond acceptors (Lipinski definition) is 5. The lowest BCUT2D eigenvalue weighted by Crippen LogP contribution is -2.29. The van der Waals surface area contributed by atoms with Crippen LogP contribution in [0.1, 0.15) is 31.1 Å². The SMILES string of the molecule is C=CCN1C(=O)c2ccc(C(=O)Nc3ccc(S(=O)(=O)NC)cc3)cc2C1=O. The predicted octanol–water partition coefficient (Wildman–Crippen LogP) is 1.63. The summed E-state index contributed by atoms with van der Waals surface area (Å²) in [5.41, 5.74) is 0.989. The summed E-state index contributed by atoms with van der Waals surface area (Å²) >= 11 is 0. The van der Waals surface area contributed by atoms with Gasteiger partial charge in [0, 0.05) is 17.8 Å². The maximum atomic E-state index is 12.5. The molecule has 28 heavy (non-hydrogen) atoms. The van der Waals surface area contributed by atoms with Crippen LogP contribution in [0.5, 0.6) is 0 Å². The Bertz CT molecular complexity index is 1090. The van der Waals surface area contributed by atoms with Crippen molar-refractivity contribution in [3.8, 4) is 0 Å². The average Bonchev–Trinajstić information content (AvgIpc) is 2.93. The van der Waals surface area contributed by atoms with E-state index in [1.54, 1.807) is 0 Å². The van der Waals surface area contributed by atoms with Gasteiger partial charge >= 0.3 is 0 Å². The third-order valence-electron chi connectivity index (χ3n) is 4.24. The molecule has 3 rings (SSSR count). The molecule has 9 heteroatoms. The van der Waals surface area contributed by atoms with E-state index in [1.807, 2.05) is 0 Å². The van der Waals surface area contributed by atoms with Crippen LogP contribution >= 0.6 is 0 Å². The molecule has 0 aliphatic carbocycles. The zero-order valence-corrected chi connectivity index (χ0v) is 15.7. The number of nitrogens with one attached hydrogen (secondary N) is 2. The molecule has 2 N–H and O–H groups in total. The maximum absolute atomic E-state index is 12.5. The quantitative estimate of drug-likeness (QED) is 0.566. The van der Waals surface area contributed by atoms with E-state index < -0.39 is 27.7 Å². The van der Waals surface area contributed by atoms with E-state index >= 15 is 0 Å². The standard InChI is InChI=1S/C19H17N3O5S/c1-3-10-22-18(24)15-9-4-12(11-16(15)19(22)25)17(23)21-13-5-7-14(8-6-13)28(26,27)20-2/h3-9,11,20H,1,10H2,2H3,(H,21,23). The molecule has 2 aromatic carbocycles. The molecule has 0 aromatic heterocycles. The fraction of sp³-hybridized carbons (Fsp3) is 0.105. The maximum Gasteiger partial charge on any atom is 0.261 e. The van der Waals surface area contributed by atoms with Crippen LogP contribution < -0.4 is 10.0 Å². The summed E-state index contributed by atoms with van der Waals surface area (Å²) in [6.07, 6.45) is 1.45. The summed E-state index contributed by atoms with van der Waals surface area (Å²) in [6.45, 7) is 3.62. The van der Waals surface area contributed by atoms with Crippen molar-refractivity contribution in [3.05, 3.63) is 71.8 Å². The van der Waals surface area contributed by atoms with Crippen LogP contribution in [-0.4, -0.2) is 44.6 Å². The van der Waals surface area contributed by atoms with Gasteiger partial charge in [-0.05, 0) is 49.5 Å². The highest BCUT2D eigenvalue weighted by Crippen LogP contribution is 2.24. The molecule has 0 atom stereocenters. The summed E-state index contributed by atoms with van der Waals surface area (Å²) in [4.78, 5) is 38.2. The van der Waals surface area contributed by atoms with Gasteiger partial charge in [-0.3, -0.25) is 19.3 Å².